The quantitative estimate of drug-likeness (QED) is 0.481. The number of ketones is 1. The number of Topliss-reactive ketones (excluding diaryl/α,β-unsaturated/α-hetero) is 1. The summed E-state index contributed by atoms with van der Waals surface area (Å²) in [5.41, 5.74) is 1.42. The summed E-state index contributed by atoms with van der Waals surface area (Å²) in [5.74, 6) is -0.711. The second-order valence-electron chi connectivity index (χ2n) is 6.99. The number of aliphatic hydroxyl groups excluding tert-OH is 1. The number of nitrogens with zero attached hydrogens (tertiary/aromatic N) is 2. The minimum Gasteiger partial charge on any atom is -0.503 e. The number of rotatable bonds is 9. The van der Waals surface area contributed by atoms with Crippen LogP contribution in [0.15, 0.2) is 35.6 Å². The average molecular weight is 431 g/mol. The highest BCUT2D eigenvalue weighted by molar-refractivity contribution is 7.14. The Balaban J connectivity index is 2.03. The van der Waals surface area contributed by atoms with Gasteiger partial charge in [0.15, 0.2) is 5.76 Å². The zero-order valence-electron chi connectivity index (χ0n) is 17.6. The van der Waals surface area contributed by atoms with Gasteiger partial charge in [0.25, 0.3) is 5.91 Å². The molecule has 1 aliphatic heterocycles. The van der Waals surface area contributed by atoms with Crippen LogP contribution < -0.4 is 4.74 Å². The van der Waals surface area contributed by atoms with Gasteiger partial charge in [-0.2, -0.15) is 0 Å². The SMILES string of the molecule is CCOc1ccc(C2C(C(=O)c3sc(C)nc3C)=C(O)C(=O)N2CCCOC)cc1. The molecule has 3 rings (SSSR count). The molecule has 0 spiro atoms. The maximum atomic E-state index is 13.4. The molecule has 1 amide bonds. The maximum absolute atomic E-state index is 13.4. The molecule has 0 saturated heterocycles. The predicted octanol–water partition coefficient (Wildman–Crippen LogP) is 3.77. The van der Waals surface area contributed by atoms with E-state index < -0.39 is 17.7 Å². The van der Waals surface area contributed by atoms with Crippen molar-refractivity contribution < 1.29 is 24.2 Å². The summed E-state index contributed by atoms with van der Waals surface area (Å²) in [6, 6.07) is 6.57. The fraction of sp³-hybridized carbons (Fsp3) is 0.409. The van der Waals surface area contributed by atoms with E-state index in [1.54, 1.807) is 26.2 Å². The van der Waals surface area contributed by atoms with Gasteiger partial charge in [0.1, 0.15) is 5.75 Å². The van der Waals surface area contributed by atoms with Gasteiger partial charge in [0.05, 0.1) is 33.8 Å². The average Bonchev–Trinajstić information content (AvgIpc) is 3.19. The molecule has 0 radical (unpaired) electrons. The monoisotopic (exact) mass is 430 g/mol. The summed E-state index contributed by atoms with van der Waals surface area (Å²) in [5, 5.41) is 11.4. The summed E-state index contributed by atoms with van der Waals surface area (Å²) in [7, 11) is 1.59. The molecule has 1 N–H and O–H groups in total. The zero-order chi connectivity index (χ0) is 21.8. The lowest BCUT2D eigenvalue weighted by Crippen LogP contribution is -2.32. The van der Waals surface area contributed by atoms with E-state index in [1.807, 2.05) is 26.0 Å². The largest absolute Gasteiger partial charge is 0.503 e. The van der Waals surface area contributed by atoms with Crippen molar-refractivity contribution in [3.63, 3.8) is 0 Å². The maximum Gasteiger partial charge on any atom is 0.290 e. The lowest BCUT2D eigenvalue weighted by molar-refractivity contribution is -0.129. The third-order valence-corrected chi connectivity index (χ3v) is 5.98. The van der Waals surface area contributed by atoms with Crippen LogP contribution >= 0.6 is 11.3 Å². The number of aliphatic hydroxyl groups is 1. The van der Waals surface area contributed by atoms with Crippen LogP contribution in [-0.2, 0) is 9.53 Å². The molecule has 1 aromatic heterocycles. The van der Waals surface area contributed by atoms with E-state index in [1.165, 1.54) is 16.2 Å². The summed E-state index contributed by atoms with van der Waals surface area (Å²) in [6.07, 6.45) is 0.587. The van der Waals surface area contributed by atoms with E-state index in [0.717, 1.165) is 10.6 Å². The topological polar surface area (TPSA) is 89.0 Å². The van der Waals surface area contributed by atoms with Crippen LogP contribution in [0.25, 0.3) is 0 Å². The molecular weight excluding hydrogens is 404 g/mol. The molecule has 0 bridgehead atoms. The van der Waals surface area contributed by atoms with Crippen LogP contribution in [0, 0.1) is 13.8 Å². The molecule has 160 valence electrons. The van der Waals surface area contributed by atoms with Gasteiger partial charge >= 0.3 is 0 Å². The second-order valence-corrected chi connectivity index (χ2v) is 8.19. The number of aromatic nitrogens is 1. The van der Waals surface area contributed by atoms with Crippen molar-refractivity contribution in [1.29, 1.82) is 0 Å². The number of hydrogen-bond acceptors (Lipinski definition) is 7. The van der Waals surface area contributed by atoms with Gasteiger partial charge in [0.2, 0.25) is 5.78 Å². The Morgan fingerprint density at radius 2 is 1.97 bits per heavy atom. The molecule has 2 heterocycles. The molecule has 1 aromatic carbocycles. The van der Waals surface area contributed by atoms with Crippen molar-refractivity contribution in [2.75, 3.05) is 26.9 Å². The Labute approximate surface area is 180 Å². The van der Waals surface area contributed by atoms with Crippen molar-refractivity contribution in [3.8, 4) is 5.75 Å². The molecule has 0 fully saturated rings. The van der Waals surface area contributed by atoms with Crippen molar-refractivity contribution >= 4 is 23.0 Å². The van der Waals surface area contributed by atoms with Crippen molar-refractivity contribution in [3.05, 3.63) is 56.7 Å². The molecule has 1 aliphatic rings. The van der Waals surface area contributed by atoms with Crippen molar-refractivity contribution in [2.45, 2.75) is 33.2 Å². The number of ether oxygens (including phenoxy) is 2. The molecule has 8 heteroatoms. The van der Waals surface area contributed by atoms with E-state index in [2.05, 4.69) is 4.98 Å². The number of aryl methyl sites for hydroxylation is 2. The highest BCUT2D eigenvalue weighted by atomic mass is 32.1. The van der Waals surface area contributed by atoms with E-state index >= 15 is 0 Å². The lowest BCUT2D eigenvalue weighted by Gasteiger charge is -2.27. The zero-order valence-corrected chi connectivity index (χ0v) is 18.4. The van der Waals surface area contributed by atoms with Crippen LogP contribution in [0.3, 0.4) is 0 Å². The molecule has 2 aromatic rings. The van der Waals surface area contributed by atoms with Crippen molar-refractivity contribution in [2.24, 2.45) is 0 Å². The first-order valence-corrected chi connectivity index (χ1v) is 10.6. The van der Waals surface area contributed by atoms with Gasteiger partial charge < -0.3 is 19.5 Å². The molecule has 7 nitrogen and oxygen atoms in total. The first kappa shape index (κ1) is 22.0. The number of amides is 1. The van der Waals surface area contributed by atoms with Crippen LogP contribution in [0.2, 0.25) is 0 Å². The third kappa shape index (κ3) is 4.24. The molecule has 30 heavy (non-hydrogen) atoms. The third-order valence-electron chi connectivity index (χ3n) is 4.91. The van der Waals surface area contributed by atoms with E-state index in [9.17, 15) is 14.7 Å². The van der Waals surface area contributed by atoms with Crippen LogP contribution in [0.4, 0.5) is 0 Å². The van der Waals surface area contributed by atoms with Crippen LogP contribution in [-0.4, -0.2) is 53.5 Å². The molecule has 1 atom stereocenters. The smallest absolute Gasteiger partial charge is 0.290 e. The number of carbonyl (C=O) groups excluding carboxylic acids is 2. The number of thiazole rings is 1. The Morgan fingerprint density at radius 3 is 2.53 bits per heavy atom. The fourth-order valence-electron chi connectivity index (χ4n) is 3.62. The van der Waals surface area contributed by atoms with Gasteiger partial charge in [-0.25, -0.2) is 4.98 Å². The molecule has 1 unspecified atom stereocenters. The standard InChI is InChI=1S/C22H26N2O5S/c1-5-29-16-9-7-15(8-10-16)18-17(19(25)21-13(2)23-14(3)30-21)20(26)22(27)24(18)11-6-12-28-4/h7-10,18,26H,5-6,11-12H2,1-4H3. The number of hydrogen-bond donors (Lipinski definition) is 1. The van der Waals surface area contributed by atoms with E-state index in [0.29, 0.717) is 42.5 Å². The van der Waals surface area contributed by atoms with Gasteiger partial charge in [-0.1, -0.05) is 12.1 Å². The van der Waals surface area contributed by atoms with Gasteiger partial charge in [-0.3, -0.25) is 9.59 Å². The highest BCUT2D eigenvalue weighted by Crippen LogP contribution is 2.40. The molecule has 0 aliphatic carbocycles. The number of benzene rings is 1. The van der Waals surface area contributed by atoms with Crippen LogP contribution in [0.5, 0.6) is 5.75 Å². The number of carbonyl (C=O) groups is 2. The Kier molecular flexibility index (Phi) is 6.89. The Morgan fingerprint density at radius 1 is 1.27 bits per heavy atom. The second kappa shape index (κ2) is 9.40. The summed E-state index contributed by atoms with van der Waals surface area (Å²) in [4.78, 5) is 32.6. The lowest BCUT2D eigenvalue weighted by atomic mass is 9.95. The van der Waals surface area contributed by atoms with E-state index in [-0.39, 0.29) is 11.4 Å². The van der Waals surface area contributed by atoms with Gasteiger partial charge in [-0.05, 0) is 44.9 Å². The first-order chi connectivity index (χ1) is 14.4. The molecule has 0 saturated carbocycles. The first-order valence-electron chi connectivity index (χ1n) is 9.83. The van der Waals surface area contributed by atoms with Gasteiger partial charge in [0, 0.05) is 20.3 Å². The molecular formula is C22H26N2O5S. The van der Waals surface area contributed by atoms with E-state index in [4.69, 9.17) is 9.47 Å². The summed E-state index contributed by atoms with van der Waals surface area (Å²) >= 11 is 1.27. The minimum absolute atomic E-state index is 0.0910. The Hall–Kier alpha value is -2.71. The predicted molar refractivity (Wildman–Crippen MR) is 114 cm³/mol. The summed E-state index contributed by atoms with van der Waals surface area (Å²) in [6.45, 7) is 6.84. The van der Waals surface area contributed by atoms with Gasteiger partial charge in [-0.15, -0.1) is 11.3 Å². The normalized spacial score (nSPS) is 16.5. The highest BCUT2D eigenvalue weighted by Gasteiger charge is 2.44. The number of methoxy groups -OCH3 is 1. The minimum atomic E-state index is -0.681. The fourth-order valence-corrected chi connectivity index (χ4v) is 4.49. The van der Waals surface area contributed by atoms with Crippen LogP contribution in [0.1, 0.15) is 45.3 Å². The van der Waals surface area contributed by atoms with Crippen molar-refractivity contribution in [1.82, 2.24) is 9.88 Å². The Bertz CT molecular complexity index is 964. The summed E-state index contributed by atoms with van der Waals surface area (Å²) < 4.78 is 10.6.